The lowest BCUT2D eigenvalue weighted by Crippen LogP contribution is -2.31. The van der Waals surface area contributed by atoms with Gasteiger partial charge in [0.25, 0.3) is 5.91 Å². The second-order valence-corrected chi connectivity index (χ2v) is 7.58. The lowest BCUT2D eigenvalue weighted by atomic mass is 9.94. The van der Waals surface area contributed by atoms with E-state index in [-0.39, 0.29) is 17.4 Å². The van der Waals surface area contributed by atoms with Gasteiger partial charge in [-0.25, -0.2) is 0 Å². The second kappa shape index (κ2) is 8.63. The molecule has 164 valence electrons. The number of Topliss-reactive ketones (excluding diaryl/α,β-unsaturated/α-hetero) is 1. The van der Waals surface area contributed by atoms with Crippen molar-refractivity contribution in [3.05, 3.63) is 89.6 Å². The zero-order chi connectivity index (χ0) is 22.8. The van der Waals surface area contributed by atoms with E-state index < -0.39 is 23.5 Å². The number of aliphatic hydroxyl groups excluding tert-OH is 1. The van der Waals surface area contributed by atoms with Crippen LogP contribution in [0, 0.1) is 0 Å². The summed E-state index contributed by atoms with van der Waals surface area (Å²) < 4.78 is 16.2. The molecular formula is C25H23NO6. The Labute approximate surface area is 185 Å². The molecule has 0 saturated heterocycles. The summed E-state index contributed by atoms with van der Waals surface area (Å²) in [6.45, 7) is 3.85. The molecule has 32 heavy (non-hydrogen) atoms. The first-order valence-electron chi connectivity index (χ1n) is 10.2. The highest BCUT2D eigenvalue weighted by molar-refractivity contribution is 6.20. The number of anilines is 1. The molecule has 7 heteroatoms. The summed E-state index contributed by atoms with van der Waals surface area (Å²) in [5.41, 5.74) is 1.11. The monoisotopic (exact) mass is 433 g/mol. The van der Waals surface area contributed by atoms with Gasteiger partial charge < -0.3 is 19.0 Å². The average molecular weight is 433 g/mol. The lowest BCUT2D eigenvalue weighted by Gasteiger charge is -2.27. The third kappa shape index (κ3) is 3.85. The van der Waals surface area contributed by atoms with Crippen LogP contribution in [0.3, 0.4) is 0 Å². The minimum absolute atomic E-state index is 0.00421. The fraction of sp³-hybridized carbons (Fsp3) is 0.200. The van der Waals surface area contributed by atoms with Gasteiger partial charge in [0, 0.05) is 5.69 Å². The number of nitrogens with zero attached hydrogens (tertiary/aromatic N) is 1. The van der Waals surface area contributed by atoms with Gasteiger partial charge in [-0.3, -0.25) is 14.5 Å². The van der Waals surface area contributed by atoms with Crippen LogP contribution in [-0.2, 0) is 4.79 Å². The molecule has 1 N–H and O–H groups in total. The molecular weight excluding hydrogens is 410 g/mol. The first-order chi connectivity index (χ1) is 15.4. The fourth-order valence-electron chi connectivity index (χ4n) is 3.70. The third-order valence-electron chi connectivity index (χ3n) is 5.12. The van der Waals surface area contributed by atoms with Crippen molar-refractivity contribution in [1.82, 2.24) is 0 Å². The quantitative estimate of drug-likeness (QED) is 0.536. The smallest absolute Gasteiger partial charge is 0.294 e. The van der Waals surface area contributed by atoms with Crippen molar-refractivity contribution in [2.75, 3.05) is 12.0 Å². The summed E-state index contributed by atoms with van der Waals surface area (Å²) in [5, 5.41) is 10.7. The molecule has 7 nitrogen and oxygen atoms in total. The molecule has 0 saturated carbocycles. The largest absolute Gasteiger partial charge is 0.503 e. The van der Waals surface area contributed by atoms with Gasteiger partial charge in [-0.15, -0.1) is 0 Å². The topological polar surface area (TPSA) is 89.2 Å². The van der Waals surface area contributed by atoms with Gasteiger partial charge in [0.15, 0.2) is 11.5 Å². The van der Waals surface area contributed by atoms with E-state index >= 15 is 0 Å². The maximum Gasteiger partial charge on any atom is 0.294 e. The summed E-state index contributed by atoms with van der Waals surface area (Å²) in [5.74, 6) is -0.496. The highest BCUT2D eigenvalue weighted by Gasteiger charge is 2.45. The van der Waals surface area contributed by atoms with Crippen molar-refractivity contribution in [2.45, 2.75) is 26.0 Å². The van der Waals surface area contributed by atoms with Gasteiger partial charge in [0.05, 0.1) is 31.1 Å². The summed E-state index contributed by atoms with van der Waals surface area (Å²) in [4.78, 5) is 27.7. The van der Waals surface area contributed by atoms with E-state index in [4.69, 9.17) is 13.9 Å². The van der Waals surface area contributed by atoms with Crippen LogP contribution in [0.25, 0.3) is 0 Å². The van der Waals surface area contributed by atoms with Crippen LogP contribution >= 0.6 is 0 Å². The number of furan rings is 1. The SMILES string of the molecule is COc1ccc(C2C(C(=O)c3ccco3)=C(O)C(=O)N2c2ccc(OC(C)C)cc2)cc1. The van der Waals surface area contributed by atoms with Crippen molar-refractivity contribution in [2.24, 2.45) is 0 Å². The number of hydrogen-bond donors (Lipinski definition) is 1. The normalized spacial score (nSPS) is 16.1. The maximum atomic E-state index is 13.2. The van der Waals surface area contributed by atoms with E-state index in [1.54, 1.807) is 61.7 Å². The van der Waals surface area contributed by atoms with Crippen LogP contribution in [0.15, 0.2) is 82.7 Å². The van der Waals surface area contributed by atoms with Crippen molar-refractivity contribution < 1.29 is 28.6 Å². The van der Waals surface area contributed by atoms with Gasteiger partial charge in [-0.1, -0.05) is 12.1 Å². The number of rotatable bonds is 7. The molecule has 1 aromatic heterocycles. The Morgan fingerprint density at radius 1 is 1.03 bits per heavy atom. The molecule has 0 bridgehead atoms. The van der Waals surface area contributed by atoms with Gasteiger partial charge in [-0.2, -0.15) is 0 Å². The summed E-state index contributed by atoms with van der Waals surface area (Å²) in [7, 11) is 1.55. The molecule has 0 fully saturated rings. The zero-order valence-corrected chi connectivity index (χ0v) is 17.9. The molecule has 3 aromatic rings. The number of carbonyl (C=O) groups is 2. The fourth-order valence-corrected chi connectivity index (χ4v) is 3.70. The number of methoxy groups -OCH3 is 1. The Morgan fingerprint density at radius 3 is 2.25 bits per heavy atom. The van der Waals surface area contributed by atoms with Crippen molar-refractivity contribution in [3.8, 4) is 11.5 Å². The zero-order valence-electron chi connectivity index (χ0n) is 17.9. The molecule has 0 spiro atoms. The van der Waals surface area contributed by atoms with Gasteiger partial charge in [0.2, 0.25) is 5.78 Å². The number of amides is 1. The maximum absolute atomic E-state index is 13.2. The van der Waals surface area contributed by atoms with Crippen LogP contribution in [0.1, 0.15) is 36.0 Å². The predicted octanol–water partition coefficient (Wildman–Crippen LogP) is 4.86. The number of benzene rings is 2. The van der Waals surface area contributed by atoms with E-state index in [9.17, 15) is 14.7 Å². The van der Waals surface area contributed by atoms with Crippen LogP contribution in [0.5, 0.6) is 11.5 Å². The summed E-state index contributed by atoms with van der Waals surface area (Å²) >= 11 is 0. The minimum Gasteiger partial charge on any atom is -0.503 e. The van der Waals surface area contributed by atoms with Crippen LogP contribution in [0.2, 0.25) is 0 Å². The van der Waals surface area contributed by atoms with Crippen LogP contribution in [0.4, 0.5) is 5.69 Å². The molecule has 2 aromatic carbocycles. The van der Waals surface area contributed by atoms with Crippen molar-refractivity contribution in [3.63, 3.8) is 0 Å². The molecule has 4 rings (SSSR count). The van der Waals surface area contributed by atoms with E-state index in [1.165, 1.54) is 17.2 Å². The standard InChI is InChI=1S/C25H23NO6/c1-15(2)32-19-12-8-17(9-13-19)26-22(16-6-10-18(30-3)11-7-16)21(24(28)25(26)29)23(27)20-5-4-14-31-20/h4-15,22,28H,1-3H3. The Morgan fingerprint density at radius 2 is 1.69 bits per heavy atom. The lowest BCUT2D eigenvalue weighted by molar-refractivity contribution is -0.117. The predicted molar refractivity (Wildman–Crippen MR) is 118 cm³/mol. The minimum atomic E-state index is -0.845. The number of ketones is 1. The molecule has 0 radical (unpaired) electrons. The van der Waals surface area contributed by atoms with E-state index in [2.05, 4.69) is 0 Å². The molecule has 2 heterocycles. The Bertz CT molecular complexity index is 1140. The molecule has 1 aliphatic heterocycles. The molecule has 1 aliphatic rings. The molecule has 0 aliphatic carbocycles. The van der Waals surface area contributed by atoms with Gasteiger partial charge >= 0.3 is 0 Å². The Balaban J connectivity index is 1.79. The summed E-state index contributed by atoms with van der Waals surface area (Å²) in [6.07, 6.45) is 1.37. The Kier molecular flexibility index (Phi) is 5.73. The number of carbonyl (C=O) groups excluding carboxylic acids is 2. The number of hydrogen-bond acceptors (Lipinski definition) is 6. The number of ether oxygens (including phenoxy) is 2. The van der Waals surface area contributed by atoms with Crippen LogP contribution < -0.4 is 14.4 Å². The average Bonchev–Trinajstić information content (AvgIpc) is 3.41. The van der Waals surface area contributed by atoms with E-state index in [1.807, 2.05) is 13.8 Å². The Hall–Kier alpha value is -4.00. The van der Waals surface area contributed by atoms with Crippen molar-refractivity contribution >= 4 is 17.4 Å². The highest BCUT2D eigenvalue weighted by Crippen LogP contribution is 2.42. The highest BCUT2D eigenvalue weighted by atomic mass is 16.5. The molecule has 1 atom stereocenters. The van der Waals surface area contributed by atoms with Gasteiger partial charge in [-0.05, 0) is 67.9 Å². The van der Waals surface area contributed by atoms with E-state index in [0.717, 1.165) is 0 Å². The number of aliphatic hydroxyl groups is 1. The second-order valence-electron chi connectivity index (χ2n) is 7.58. The van der Waals surface area contributed by atoms with Gasteiger partial charge in [0.1, 0.15) is 11.5 Å². The third-order valence-corrected chi connectivity index (χ3v) is 5.12. The first-order valence-corrected chi connectivity index (χ1v) is 10.2. The van der Waals surface area contributed by atoms with E-state index in [0.29, 0.717) is 22.7 Å². The van der Waals surface area contributed by atoms with Crippen LogP contribution in [-0.4, -0.2) is 30.0 Å². The first kappa shape index (κ1) is 21.2. The summed E-state index contributed by atoms with van der Waals surface area (Å²) in [6, 6.07) is 16.2. The molecule has 1 amide bonds. The van der Waals surface area contributed by atoms with Crippen molar-refractivity contribution in [1.29, 1.82) is 0 Å². The molecule has 1 unspecified atom stereocenters.